The lowest BCUT2D eigenvalue weighted by Crippen LogP contribution is -2.31. The number of ether oxygens (including phenoxy) is 4. The summed E-state index contributed by atoms with van der Waals surface area (Å²) in [5, 5.41) is 2.89. The number of benzene rings is 2. The summed E-state index contributed by atoms with van der Waals surface area (Å²) in [7, 11) is 4.76. The van der Waals surface area contributed by atoms with Gasteiger partial charge in [0.25, 0.3) is 5.91 Å². The van der Waals surface area contributed by atoms with E-state index in [0.717, 1.165) is 5.56 Å². The van der Waals surface area contributed by atoms with Gasteiger partial charge in [0, 0.05) is 11.6 Å². The quantitative estimate of drug-likeness (QED) is 0.797. The van der Waals surface area contributed by atoms with Crippen LogP contribution < -0.4 is 24.3 Å². The maximum absolute atomic E-state index is 12.2. The highest BCUT2D eigenvalue weighted by Crippen LogP contribution is 2.29. The van der Waals surface area contributed by atoms with E-state index in [1.807, 2.05) is 31.2 Å². The Labute approximate surface area is 147 Å². The van der Waals surface area contributed by atoms with E-state index in [0.29, 0.717) is 23.0 Å². The Hall–Kier alpha value is -2.89. The van der Waals surface area contributed by atoms with Crippen molar-refractivity contribution in [2.24, 2.45) is 0 Å². The number of carbonyl (C=O) groups is 1. The molecule has 2 rings (SSSR count). The van der Waals surface area contributed by atoms with Crippen molar-refractivity contribution < 1.29 is 23.7 Å². The van der Waals surface area contributed by atoms with Crippen LogP contribution >= 0.6 is 0 Å². The minimum Gasteiger partial charge on any atom is -0.497 e. The molecule has 6 heteroatoms. The molecule has 0 aliphatic carbocycles. The van der Waals surface area contributed by atoms with Crippen molar-refractivity contribution in [2.75, 3.05) is 27.9 Å². The highest BCUT2D eigenvalue weighted by atomic mass is 16.5. The molecule has 0 aliphatic rings. The topological polar surface area (TPSA) is 66.0 Å². The summed E-state index contributed by atoms with van der Waals surface area (Å²) in [5.74, 6) is 2.39. The molecule has 0 unspecified atom stereocenters. The second-order valence-corrected chi connectivity index (χ2v) is 5.36. The average Bonchev–Trinajstić information content (AvgIpc) is 2.65. The Morgan fingerprint density at radius 1 is 0.960 bits per heavy atom. The molecule has 1 atom stereocenters. The number of nitrogens with one attached hydrogen (secondary N) is 1. The standard InChI is InChI=1S/C19H23NO5/c1-13(17-11-15(23-3)8-9-18(17)24-4)20-19(21)12-25-16-7-5-6-14(10-16)22-2/h5-11,13H,12H2,1-4H3,(H,20,21)/t13-/m1/s1. The smallest absolute Gasteiger partial charge is 0.258 e. The van der Waals surface area contributed by atoms with E-state index < -0.39 is 0 Å². The summed E-state index contributed by atoms with van der Waals surface area (Å²) in [5.41, 5.74) is 0.830. The van der Waals surface area contributed by atoms with Gasteiger partial charge in [-0.15, -0.1) is 0 Å². The summed E-state index contributed by atoms with van der Waals surface area (Å²) >= 11 is 0. The molecule has 25 heavy (non-hydrogen) atoms. The highest BCUT2D eigenvalue weighted by molar-refractivity contribution is 5.78. The zero-order valence-electron chi connectivity index (χ0n) is 14.9. The first-order valence-corrected chi connectivity index (χ1v) is 7.85. The molecule has 2 aromatic rings. The SMILES string of the molecule is COc1cccc(OCC(=O)N[C@H](C)c2cc(OC)ccc2OC)c1. The molecule has 6 nitrogen and oxygen atoms in total. The summed E-state index contributed by atoms with van der Waals surface area (Å²) in [4.78, 5) is 12.2. The van der Waals surface area contributed by atoms with Gasteiger partial charge >= 0.3 is 0 Å². The van der Waals surface area contributed by atoms with Gasteiger partial charge in [0.2, 0.25) is 0 Å². The molecule has 134 valence electrons. The van der Waals surface area contributed by atoms with Gasteiger partial charge in [0.15, 0.2) is 6.61 Å². The molecule has 0 aromatic heterocycles. The molecule has 0 heterocycles. The van der Waals surface area contributed by atoms with Crippen molar-refractivity contribution in [2.45, 2.75) is 13.0 Å². The fourth-order valence-electron chi connectivity index (χ4n) is 2.38. The molecule has 0 fully saturated rings. The van der Waals surface area contributed by atoms with Crippen LogP contribution in [0.3, 0.4) is 0 Å². The Morgan fingerprint density at radius 2 is 1.64 bits per heavy atom. The van der Waals surface area contributed by atoms with Crippen LogP contribution in [0.15, 0.2) is 42.5 Å². The number of hydrogen-bond acceptors (Lipinski definition) is 5. The number of methoxy groups -OCH3 is 3. The zero-order valence-corrected chi connectivity index (χ0v) is 14.9. The van der Waals surface area contributed by atoms with E-state index in [1.165, 1.54) is 0 Å². The van der Waals surface area contributed by atoms with Crippen LogP contribution in [0.25, 0.3) is 0 Å². The van der Waals surface area contributed by atoms with Crippen molar-refractivity contribution in [3.63, 3.8) is 0 Å². The summed E-state index contributed by atoms with van der Waals surface area (Å²) in [6, 6.07) is 12.3. The summed E-state index contributed by atoms with van der Waals surface area (Å²) < 4.78 is 21.2. The van der Waals surface area contributed by atoms with Gasteiger partial charge in [-0.05, 0) is 37.3 Å². The second kappa shape index (κ2) is 8.82. The van der Waals surface area contributed by atoms with E-state index in [1.54, 1.807) is 39.5 Å². The normalized spacial score (nSPS) is 11.4. The van der Waals surface area contributed by atoms with Crippen molar-refractivity contribution >= 4 is 5.91 Å². The molecular formula is C19H23NO5. The lowest BCUT2D eigenvalue weighted by atomic mass is 10.1. The minimum absolute atomic E-state index is 0.0935. The summed E-state index contributed by atoms with van der Waals surface area (Å²) in [6.07, 6.45) is 0. The van der Waals surface area contributed by atoms with E-state index in [2.05, 4.69) is 5.32 Å². The van der Waals surface area contributed by atoms with Crippen molar-refractivity contribution in [1.82, 2.24) is 5.32 Å². The van der Waals surface area contributed by atoms with Gasteiger partial charge in [-0.2, -0.15) is 0 Å². The zero-order chi connectivity index (χ0) is 18.2. The third-order valence-corrected chi connectivity index (χ3v) is 3.69. The monoisotopic (exact) mass is 345 g/mol. The van der Waals surface area contributed by atoms with Crippen molar-refractivity contribution in [1.29, 1.82) is 0 Å². The molecule has 0 spiro atoms. The van der Waals surface area contributed by atoms with E-state index in [-0.39, 0.29) is 18.6 Å². The molecule has 1 N–H and O–H groups in total. The predicted octanol–water partition coefficient (Wildman–Crippen LogP) is 2.97. The maximum atomic E-state index is 12.2. The first kappa shape index (κ1) is 18.4. The average molecular weight is 345 g/mol. The highest BCUT2D eigenvalue weighted by Gasteiger charge is 2.15. The van der Waals surface area contributed by atoms with Crippen LogP contribution in [0.4, 0.5) is 0 Å². The molecular weight excluding hydrogens is 322 g/mol. The molecule has 0 radical (unpaired) electrons. The Bertz CT molecular complexity index is 717. The van der Waals surface area contributed by atoms with Crippen molar-refractivity contribution in [3.8, 4) is 23.0 Å². The molecule has 2 aromatic carbocycles. The summed E-state index contributed by atoms with van der Waals surface area (Å²) in [6.45, 7) is 1.78. The third-order valence-electron chi connectivity index (χ3n) is 3.69. The Morgan fingerprint density at radius 3 is 2.32 bits per heavy atom. The molecule has 0 aliphatic heterocycles. The third kappa shape index (κ3) is 5.04. The van der Waals surface area contributed by atoms with Gasteiger partial charge < -0.3 is 24.3 Å². The van der Waals surface area contributed by atoms with Crippen LogP contribution in [0.1, 0.15) is 18.5 Å². The van der Waals surface area contributed by atoms with Crippen LogP contribution in [0.2, 0.25) is 0 Å². The largest absolute Gasteiger partial charge is 0.497 e. The number of amides is 1. The van der Waals surface area contributed by atoms with E-state index in [9.17, 15) is 4.79 Å². The van der Waals surface area contributed by atoms with Gasteiger partial charge in [-0.3, -0.25) is 4.79 Å². The lowest BCUT2D eigenvalue weighted by molar-refractivity contribution is -0.123. The van der Waals surface area contributed by atoms with Crippen molar-refractivity contribution in [3.05, 3.63) is 48.0 Å². The van der Waals surface area contributed by atoms with Crippen LogP contribution in [0, 0.1) is 0 Å². The molecule has 0 bridgehead atoms. The molecule has 0 saturated heterocycles. The lowest BCUT2D eigenvalue weighted by Gasteiger charge is -2.18. The van der Waals surface area contributed by atoms with E-state index in [4.69, 9.17) is 18.9 Å². The number of hydrogen-bond donors (Lipinski definition) is 1. The van der Waals surface area contributed by atoms with Crippen LogP contribution in [0.5, 0.6) is 23.0 Å². The maximum Gasteiger partial charge on any atom is 0.258 e. The minimum atomic E-state index is -0.258. The number of carbonyl (C=O) groups excluding carboxylic acids is 1. The first-order valence-electron chi connectivity index (χ1n) is 7.85. The first-order chi connectivity index (χ1) is 12.1. The number of rotatable bonds is 8. The Balaban J connectivity index is 1.97. The Kier molecular flexibility index (Phi) is 6.51. The van der Waals surface area contributed by atoms with E-state index >= 15 is 0 Å². The molecule has 1 amide bonds. The van der Waals surface area contributed by atoms with Gasteiger partial charge in [0.05, 0.1) is 27.4 Å². The second-order valence-electron chi connectivity index (χ2n) is 5.36. The van der Waals surface area contributed by atoms with Crippen LogP contribution in [-0.2, 0) is 4.79 Å². The fourth-order valence-corrected chi connectivity index (χ4v) is 2.38. The van der Waals surface area contributed by atoms with Gasteiger partial charge in [0.1, 0.15) is 23.0 Å². The predicted molar refractivity (Wildman–Crippen MR) is 94.6 cm³/mol. The van der Waals surface area contributed by atoms with Gasteiger partial charge in [-0.1, -0.05) is 6.07 Å². The van der Waals surface area contributed by atoms with Crippen LogP contribution in [-0.4, -0.2) is 33.8 Å². The van der Waals surface area contributed by atoms with Gasteiger partial charge in [-0.25, -0.2) is 0 Å². The fraction of sp³-hybridized carbons (Fsp3) is 0.316. The molecule has 0 saturated carbocycles.